The lowest BCUT2D eigenvalue weighted by atomic mass is 10.1. The van der Waals surface area contributed by atoms with Crippen LogP contribution in [-0.2, 0) is 0 Å². The van der Waals surface area contributed by atoms with E-state index >= 15 is 0 Å². The molecule has 0 aromatic heterocycles. The van der Waals surface area contributed by atoms with Gasteiger partial charge < -0.3 is 16.0 Å². The average Bonchev–Trinajstić information content (AvgIpc) is 2.44. The van der Waals surface area contributed by atoms with Crippen molar-refractivity contribution >= 4 is 17.3 Å². The number of hydrogen-bond donors (Lipinski definition) is 2. The number of nitrogens with one attached hydrogen (secondary N) is 1. The monoisotopic (exact) mass is 294 g/mol. The maximum Gasteiger partial charge on any atom is 0.292 e. The van der Waals surface area contributed by atoms with Gasteiger partial charge in [-0.25, -0.2) is 0 Å². The number of nitrogens with two attached hydrogens (primary N) is 1. The van der Waals surface area contributed by atoms with Crippen LogP contribution in [0.5, 0.6) is 0 Å². The second-order valence-electron chi connectivity index (χ2n) is 4.89. The van der Waals surface area contributed by atoms with E-state index in [1.54, 1.807) is 0 Å². The molecule has 0 saturated heterocycles. The summed E-state index contributed by atoms with van der Waals surface area (Å²) in [6.07, 6.45) is 0. The van der Waals surface area contributed by atoms with Crippen LogP contribution in [0.3, 0.4) is 0 Å². The maximum absolute atomic E-state index is 12.1. The third-order valence-corrected chi connectivity index (χ3v) is 3.29. The Kier molecular flexibility index (Phi) is 6.10. The highest BCUT2D eigenvalue weighted by Crippen LogP contribution is 2.21. The zero-order valence-electron chi connectivity index (χ0n) is 12.6. The van der Waals surface area contributed by atoms with Crippen molar-refractivity contribution in [3.05, 3.63) is 33.9 Å². The first-order valence-electron chi connectivity index (χ1n) is 6.96. The van der Waals surface area contributed by atoms with E-state index in [-0.39, 0.29) is 23.3 Å². The summed E-state index contributed by atoms with van der Waals surface area (Å²) >= 11 is 0. The zero-order valence-corrected chi connectivity index (χ0v) is 12.6. The number of carbonyl (C=O) groups is 1. The Morgan fingerprint density at radius 3 is 2.52 bits per heavy atom. The van der Waals surface area contributed by atoms with Crippen LogP contribution in [0.2, 0.25) is 0 Å². The maximum atomic E-state index is 12.1. The molecule has 1 unspecified atom stereocenters. The molecule has 0 bridgehead atoms. The van der Waals surface area contributed by atoms with E-state index in [0.717, 1.165) is 19.6 Å². The average molecular weight is 294 g/mol. The number of hydrogen-bond acceptors (Lipinski definition) is 5. The second-order valence-corrected chi connectivity index (χ2v) is 4.89. The highest BCUT2D eigenvalue weighted by atomic mass is 16.6. The summed E-state index contributed by atoms with van der Waals surface area (Å²) in [5.41, 5.74) is 5.71. The number of amides is 1. The quantitative estimate of drug-likeness (QED) is 0.452. The minimum atomic E-state index is -0.569. The number of rotatable bonds is 7. The molecule has 0 aliphatic rings. The highest BCUT2D eigenvalue weighted by molar-refractivity contribution is 5.95. The van der Waals surface area contributed by atoms with Gasteiger partial charge in [-0.3, -0.25) is 14.9 Å². The Bertz CT molecular complexity index is 515. The third-order valence-electron chi connectivity index (χ3n) is 3.29. The fraction of sp³-hybridized carbons (Fsp3) is 0.500. The van der Waals surface area contributed by atoms with Crippen molar-refractivity contribution in [1.29, 1.82) is 0 Å². The molecule has 1 aromatic carbocycles. The summed E-state index contributed by atoms with van der Waals surface area (Å²) in [5.74, 6) is -0.281. The normalized spacial score (nSPS) is 12.2. The Morgan fingerprint density at radius 1 is 1.43 bits per heavy atom. The lowest BCUT2D eigenvalue weighted by Gasteiger charge is -2.23. The molecule has 0 saturated carbocycles. The summed E-state index contributed by atoms with van der Waals surface area (Å²) in [4.78, 5) is 24.4. The van der Waals surface area contributed by atoms with E-state index in [1.165, 1.54) is 18.2 Å². The number of likely N-dealkylation sites (N-methyl/N-ethyl adjacent to an activating group) is 1. The van der Waals surface area contributed by atoms with Crippen molar-refractivity contribution in [1.82, 2.24) is 10.2 Å². The molecule has 7 nitrogen and oxygen atoms in total. The Hall–Kier alpha value is -2.15. The molecule has 1 aromatic rings. The van der Waals surface area contributed by atoms with Crippen molar-refractivity contribution in [3.63, 3.8) is 0 Å². The van der Waals surface area contributed by atoms with E-state index in [4.69, 9.17) is 5.73 Å². The van der Waals surface area contributed by atoms with Gasteiger partial charge in [0.2, 0.25) is 0 Å². The smallest absolute Gasteiger partial charge is 0.292 e. The summed E-state index contributed by atoms with van der Waals surface area (Å²) in [7, 11) is 0. The summed E-state index contributed by atoms with van der Waals surface area (Å²) in [5, 5.41) is 13.6. The van der Waals surface area contributed by atoms with Crippen LogP contribution < -0.4 is 11.1 Å². The Labute approximate surface area is 124 Å². The molecule has 0 heterocycles. The molecular weight excluding hydrogens is 272 g/mol. The Morgan fingerprint density at radius 2 is 2.05 bits per heavy atom. The topological polar surface area (TPSA) is 102 Å². The molecule has 1 rings (SSSR count). The van der Waals surface area contributed by atoms with E-state index < -0.39 is 4.92 Å². The number of benzene rings is 1. The molecule has 3 N–H and O–H groups in total. The first-order valence-corrected chi connectivity index (χ1v) is 6.96. The zero-order chi connectivity index (χ0) is 16.0. The number of carbonyl (C=O) groups excluding carboxylic acids is 1. The Balaban J connectivity index is 2.71. The molecule has 1 amide bonds. The molecule has 7 heteroatoms. The van der Waals surface area contributed by atoms with Crippen LogP contribution in [0.1, 0.15) is 31.1 Å². The molecule has 0 fully saturated rings. The predicted molar refractivity (Wildman–Crippen MR) is 82.2 cm³/mol. The van der Waals surface area contributed by atoms with Gasteiger partial charge in [0.1, 0.15) is 5.69 Å². The van der Waals surface area contributed by atoms with Gasteiger partial charge >= 0.3 is 0 Å². The van der Waals surface area contributed by atoms with Crippen LogP contribution >= 0.6 is 0 Å². The van der Waals surface area contributed by atoms with Crippen LogP contribution in [-0.4, -0.2) is 41.4 Å². The van der Waals surface area contributed by atoms with Crippen molar-refractivity contribution in [2.45, 2.75) is 26.8 Å². The second kappa shape index (κ2) is 7.58. The fourth-order valence-corrected chi connectivity index (χ4v) is 2.08. The molecule has 0 aliphatic heterocycles. The molecule has 0 radical (unpaired) electrons. The number of anilines is 1. The minimum Gasteiger partial charge on any atom is -0.393 e. The van der Waals surface area contributed by atoms with Gasteiger partial charge in [0, 0.05) is 24.2 Å². The molecule has 0 aliphatic carbocycles. The van der Waals surface area contributed by atoms with Gasteiger partial charge in [-0.15, -0.1) is 0 Å². The summed E-state index contributed by atoms with van der Waals surface area (Å²) in [6, 6.07) is 3.97. The highest BCUT2D eigenvalue weighted by Gasteiger charge is 2.16. The van der Waals surface area contributed by atoms with Gasteiger partial charge in [-0.2, -0.15) is 0 Å². The van der Waals surface area contributed by atoms with Gasteiger partial charge in [-0.1, -0.05) is 13.8 Å². The van der Waals surface area contributed by atoms with Crippen molar-refractivity contribution in [3.8, 4) is 0 Å². The number of nitro groups is 1. The number of nitrogens with zero attached hydrogens (tertiary/aromatic N) is 2. The van der Waals surface area contributed by atoms with E-state index in [2.05, 4.69) is 24.1 Å². The van der Waals surface area contributed by atoms with Crippen molar-refractivity contribution in [2.24, 2.45) is 0 Å². The van der Waals surface area contributed by atoms with Crippen LogP contribution in [0.25, 0.3) is 0 Å². The third kappa shape index (κ3) is 4.71. The van der Waals surface area contributed by atoms with Gasteiger partial charge in [0.15, 0.2) is 0 Å². The van der Waals surface area contributed by atoms with E-state index in [9.17, 15) is 14.9 Å². The van der Waals surface area contributed by atoms with Gasteiger partial charge in [-0.05, 0) is 32.1 Å². The summed E-state index contributed by atoms with van der Waals surface area (Å²) < 4.78 is 0. The SMILES string of the molecule is CCN(CC)CC(C)NC(=O)c1ccc([N+](=O)[O-])c(N)c1. The van der Waals surface area contributed by atoms with Crippen molar-refractivity contribution in [2.75, 3.05) is 25.4 Å². The van der Waals surface area contributed by atoms with Crippen LogP contribution in [0.4, 0.5) is 11.4 Å². The molecule has 0 spiro atoms. The van der Waals surface area contributed by atoms with E-state index in [1.807, 2.05) is 6.92 Å². The minimum absolute atomic E-state index is 0.0101. The fourth-order valence-electron chi connectivity index (χ4n) is 2.08. The van der Waals surface area contributed by atoms with Gasteiger partial charge in [0.05, 0.1) is 4.92 Å². The molecule has 21 heavy (non-hydrogen) atoms. The number of nitro benzene ring substituents is 1. The van der Waals surface area contributed by atoms with Crippen molar-refractivity contribution < 1.29 is 9.72 Å². The lowest BCUT2D eigenvalue weighted by Crippen LogP contribution is -2.41. The first-order chi connectivity index (χ1) is 9.88. The molecule has 1 atom stereocenters. The number of nitrogen functional groups attached to an aromatic ring is 1. The van der Waals surface area contributed by atoms with Crippen LogP contribution in [0.15, 0.2) is 18.2 Å². The predicted octanol–water partition coefficient (Wildman–Crippen LogP) is 1.64. The summed E-state index contributed by atoms with van der Waals surface area (Å²) in [6.45, 7) is 8.64. The van der Waals surface area contributed by atoms with Gasteiger partial charge in [0.25, 0.3) is 11.6 Å². The van der Waals surface area contributed by atoms with E-state index in [0.29, 0.717) is 5.56 Å². The standard InChI is InChI=1S/C14H22N4O3/c1-4-17(5-2)9-10(3)16-14(19)11-6-7-13(18(20)21)12(15)8-11/h6-8,10H,4-5,9,15H2,1-3H3,(H,16,19). The van der Waals surface area contributed by atoms with Crippen LogP contribution in [0, 0.1) is 10.1 Å². The first kappa shape index (κ1) is 16.9. The largest absolute Gasteiger partial charge is 0.393 e. The molecule has 116 valence electrons. The molecular formula is C14H22N4O3. The lowest BCUT2D eigenvalue weighted by molar-refractivity contribution is -0.383.